The van der Waals surface area contributed by atoms with Crippen molar-refractivity contribution in [3.8, 4) is 22.6 Å². The third kappa shape index (κ3) is 6.17. The first-order chi connectivity index (χ1) is 16.7. The van der Waals surface area contributed by atoms with Crippen LogP contribution < -0.4 is 20.9 Å². The van der Waals surface area contributed by atoms with Gasteiger partial charge in [0.05, 0.1) is 26.2 Å². The molecule has 3 aromatic rings. The molecule has 0 aliphatic carbocycles. The molecule has 0 saturated heterocycles. The van der Waals surface area contributed by atoms with Crippen LogP contribution in [0, 0.1) is 5.82 Å². The summed E-state index contributed by atoms with van der Waals surface area (Å²) in [6.07, 6.45) is 0.974. The van der Waals surface area contributed by atoms with Gasteiger partial charge in [0.1, 0.15) is 17.3 Å². The lowest BCUT2D eigenvalue weighted by Crippen LogP contribution is -2.36. The summed E-state index contributed by atoms with van der Waals surface area (Å²) in [6.45, 7) is 1.74. The van der Waals surface area contributed by atoms with Crippen molar-refractivity contribution in [2.24, 2.45) is 7.05 Å². The maximum Gasteiger partial charge on any atom is 0.319 e. The third-order valence-corrected chi connectivity index (χ3v) is 5.24. The molecule has 3 N–H and O–H groups in total. The van der Waals surface area contributed by atoms with Gasteiger partial charge in [0.25, 0.3) is 5.56 Å². The Bertz CT molecular complexity index is 1290. The number of carbonyl (C=O) groups is 2. The molecule has 0 fully saturated rings. The number of benzene rings is 2. The lowest BCUT2D eigenvalue weighted by atomic mass is 9.97. The Labute approximate surface area is 201 Å². The van der Waals surface area contributed by atoms with Crippen molar-refractivity contribution in [3.05, 3.63) is 76.5 Å². The van der Waals surface area contributed by atoms with Crippen LogP contribution in [0.2, 0.25) is 0 Å². The Morgan fingerprint density at radius 2 is 1.89 bits per heavy atom. The summed E-state index contributed by atoms with van der Waals surface area (Å²) >= 11 is 0. The third-order valence-electron chi connectivity index (χ3n) is 5.24. The molecule has 3 rings (SSSR count). The molecule has 35 heavy (non-hydrogen) atoms. The van der Waals surface area contributed by atoms with Crippen LogP contribution in [-0.2, 0) is 16.6 Å². The predicted octanol–water partition coefficient (Wildman–Crippen LogP) is 3.72. The van der Waals surface area contributed by atoms with Gasteiger partial charge in [0.2, 0.25) is 0 Å². The number of pyridine rings is 1. The number of amides is 2. The van der Waals surface area contributed by atoms with Gasteiger partial charge in [-0.05, 0) is 48.4 Å². The van der Waals surface area contributed by atoms with E-state index in [1.165, 1.54) is 43.1 Å². The molecule has 184 valence electrons. The summed E-state index contributed by atoms with van der Waals surface area (Å²) in [5.41, 5.74) is 0.411. The van der Waals surface area contributed by atoms with Gasteiger partial charge in [-0.1, -0.05) is 18.2 Å². The number of urea groups is 1. The number of methoxy groups -OCH3 is 1. The van der Waals surface area contributed by atoms with Crippen molar-refractivity contribution >= 4 is 17.7 Å². The highest BCUT2D eigenvalue weighted by Gasteiger charge is 2.24. The van der Waals surface area contributed by atoms with Crippen LogP contribution in [0.5, 0.6) is 11.5 Å². The summed E-state index contributed by atoms with van der Waals surface area (Å²) in [5.74, 6) is -1.12. The van der Waals surface area contributed by atoms with E-state index in [-0.39, 0.29) is 24.3 Å². The molecular formula is C25H26FN3O6. The molecule has 2 aromatic carbocycles. The molecule has 1 heterocycles. The molecule has 0 unspecified atom stereocenters. The van der Waals surface area contributed by atoms with Gasteiger partial charge in [-0.3, -0.25) is 9.59 Å². The van der Waals surface area contributed by atoms with Crippen LogP contribution >= 0.6 is 0 Å². The van der Waals surface area contributed by atoms with Crippen LogP contribution in [0.15, 0.2) is 59.5 Å². The first-order valence-corrected chi connectivity index (χ1v) is 10.8. The molecule has 10 heteroatoms. The van der Waals surface area contributed by atoms with E-state index in [0.717, 1.165) is 5.56 Å². The van der Waals surface area contributed by atoms with Crippen molar-refractivity contribution < 1.29 is 28.6 Å². The average Bonchev–Trinajstić information content (AvgIpc) is 2.84. The van der Waals surface area contributed by atoms with E-state index in [0.29, 0.717) is 11.3 Å². The first kappa shape index (κ1) is 25.3. The predicted molar refractivity (Wildman–Crippen MR) is 128 cm³/mol. The van der Waals surface area contributed by atoms with E-state index in [4.69, 9.17) is 9.47 Å². The Morgan fingerprint density at radius 3 is 2.60 bits per heavy atom. The van der Waals surface area contributed by atoms with Crippen LogP contribution in [-0.4, -0.2) is 35.4 Å². The normalized spacial score (nSPS) is 11.4. The second-order valence-corrected chi connectivity index (χ2v) is 7.62. The highest BCUT2D eigenvalue weighted by molar-refractivity contribution is 5.91. The maximum absolute atomic E-state index is 14.9. The highest BCUT2D eigenvalue weighted by Crippen LogP contribution is 2.29. The van der Waals surface area contributed by atoms with E-state index in [1.54, 1.807) is 31.2 Å². The molecular weight excluding hydrogens is 457 g/mol. The number of esters is 1. The lowest BCUT2D eigenvalue weighted by molar-refractivity contribution is -0.143. The number of rotatable bonds is 8. The monoisotopic (exact) mass is 483 g/mol. The number of carbonyl (C=O) groups excluding carboxylic acids is 2. The number of halogens is 1. The van der Waals surface area contributed by atoms with Gasteiger partial charge in [-0.2, -0.15) is 0 Å². The fourth-order valence-corrected chi connectivity index (χ4v) is 3.46. The SMILES string of the molecule is CCOC(=O)C[C@H](NC(=O)Nc1c(O)ccn(C)c1=O)c1cc(-c2cccc(OC)c2)ccc1F. The lowest BCUT2D eigenvalue weighted by Gasteiger charge is -2.20. The Morgan fingerprint density at radius 1 is 1.14 bits per heavy atom. The van der Waals surface area contributed by atoms with Crippen molar-refractivity contribution in [2.75, 3.05) is 19.0 Å². The van der Waals surface area contributed by atoms with E-state index in [1.807, 2.05) is 6.07 Å². The fourth-order valence-electron chi connectivity index (χ4n) is 3.46. The average molecular weight is 483 g/mol. The second kappa shape index (κ2) is 11.2. The summed E-state index contributed by atoms with van der Waals surface area (Å²) in [5, 5.41) is 14.8. The number of aromatic hydroxyl groups is 1. The summed E-state index contributed by atoms with van der Waals surface area (Å²) in [7, 11) is 2.98. The fraction of sp³-hybridized carbons (Fsp3) is 0.240. The Kier molecular flexibility index (Phi) is 8.08. The minimum atomic E-state index is -1.13. The number of aryl methyl sites for hydroxylation is 1. The van der Waals surface area contributed by atoms with Crippen LogP contribution in [0.3, 0.4) is 0 Å². The number of hydrogen-bond donors (Lipinski definition) is 3. The molecule has 0 saturated carbocycles. The summed E-state index contributed by atoms with van der Waals surface area (Å²) in [4.78, 5) is 37.2. The van der Waals surface area contributed by atoms with Gasteiger partial charge in [0.15, 0.2) is 5.69 Å². The van der Waals surface area contributed by atoms with Crippen LogP contribution in [0.25, 0.3) is 11.1 Å². The van der Waals surface area contributed by atoms with Gasteiger partial charge in [-0.15, -0.1) is 0 Å². The molecule has 0 aliphatic rings. The zero-order chi connectivity index (χ0) is 25.5. The zero-order valence-corrected chi connectivity index (χ0v) is 19.5. The van der Waals surface area contributed by atoms with Crippen LogP contribution in [0.1, 0.15) is 24.9 Å². The topological polar surface area (TPSA) is 119 Å². The number of ether oxygens (including phenoxy) is 2. The molecule has 1 aromatic heterocycles. The van der Waals surface area contributed by atoms with Crippen molar-refractivity contribution in [3.63, 3.8) is 0 Å². The van der Waals surface area contributed by atoms with E-state index >= 15 is 0 Å². The molecule has 0 bridgehead atoms. The minimum absolute atomic E-state index is 0.0405. The van der Waals surface area contributed by atoms with Gasteiger partial charge in [-0.25, -0.2) is 9.18 Å². The van der Waals surface area contributed by atoms with Crippen molar-refractivity contribution in [1.29, 1.82) is 0 Å². The number of hydrogen-bond acceptors (Lipinski definition) is 6. The minimum Gasteiger partial charge on any atom is -0.505 e. The number of aromatic nitrogens is 1. The van der Waals surface area contributed by atoms with Gasteiger partial charge < -0.3 is 29.8 Å². The highest BCUT2D eigenvalue weighted by atomic mass is 19.1. The number of nitrogens with zero attached hydrogens (tertiary/aromatic N) is 1. The standard InChI is InChI=1S/C25H26FN3O6/c1-4-35-22(31)14-20(27-25(33)28-23-21(30)10-11-29(2)24(23)32)18-13-16(8-9-19(18)26)15-6-5-7-17(12-15)34-3/h5-13,20,30H,4,14H2,1-3H3,(H2,27,28,33)/t20-/m0/s1. The Balaban J connectivity index is 1.95. The number of anilines is 1. The molecule has 2 amide bonds. The second-order valence-electron chi connectivity index (χ2n) is 7.62. The molecule has 0 aliphatic heterocycles. The summed E-state index contributed by atoms with van der Waals surface area (Å²) in [6, 6.07) is 10.7. The maximum atomic E-state index is 14.9. The zero-order valence-electron chi connectivity index (χ0n) is 19.5. The van der Waals surface area contributed by atoms with Crippen molar-refractivity contribution in [2.45, 2.75) is 19.4 Å². The van der Waals surface area contributed by atoms with Gasteiger partial charge in [0, 0.05) is 18.8 Å². The molecule has 1 atom stereocenters. The quantitative estimate of drug-likeness (QED) is 0.420. The first-order valence-electron chi connectivity index (χ1n) is 10.8. The van der Waals surface area contributed by atoms with E-state index in [2.05, 4.69) is 10.6 Å². The molecule has 9 nitrogen and oxygen atoms in total. The van der Waals surface area contributed by atoms with Crippen LogP contribution in [0.4, 0.5) is 14.9 Å². The largest absolute Gasteiger partial charge is 0.505 e. The smallest absolute Gasteiger partial charge is 0.319 e. The van der Waals surface area contributed by atoms with E-state index in [9.17, 15) is 23.9 Å². The van der Waals surface area contributed by atoms with E-state index < -0.39 is 35.2 Å². The molecule has 0 spiro atoms. The Hall–Kier alpha value is -4.34. The number of nitrogens with one attached hydrogen (secondary N) is 2. The summed E-state index contributed by atoms with van der Waals surface area (Å²) < 4.78 is 26.3. The molecule has 0 radical (unpaired) electrons. The van der Waals surface area contributed by atoms with Crippen molar-refractivity contribution in [1.82, 2.24) is 9.88 Å². The van der Waals surface area contributed by atoms with Gasteiger partial charge >= 0.3 is 12.0 Å².